The van der Waals surface area contributed by atoms with Crippen molar-refractivity contribution in [2.24, 2.45) is 5.10 Å². The molecule has 7 nitrogen and oxygen atoms in total. The summed E-state index contributed by atoms with van der Waals surface area (Å²) in [5.74, 6) is 0.552. The summed E-state index contributed by atoms with van der Waals surface area (Å²) >= 11 is 0. The highest BCUT2D eigenvalue weighted by Gasteiger charge is 2.12. The number of esters is 1. The van der Waals surface area contributed by atoms with Crippen LogP contribution in [0.3, 0.4) is 0 Å². The average Bonchev–Trinajstić information content (AvgIpc) is 3.17. The summed E-state index contributed by atoms with van der Waals surface area (Å²) in [6.45, 7) is 3.94. The smallest absolute Gasteiger partial charge is 0.338 e. The van der Waals surface area contributed by atoms with Crippen LogP contribution in [0.25, 0.3) is 11.3 Å². The van der Waals surface area contributed by atoms with E-state index in [1.54, 1.807) is 55.5 Å². The molecule has 0 aliphatic rings. The van der Waals surface area contributed by atoms with Gasteiger partial charge in [0.25, 0.3) is 10.0 Å². The number of hydrazone groups is 1. The minimum absolute atomic E-state index is 0.127. The molecule has 29 heavy (non-hydrogen) atoms. The monoisotopic (exact) mass is 412 g/mol. The zero-order chi connectivity index (χ0) is 20.9. The van der Waals surface area contributed by atoms with Crippen molar-refractivity contribution in [1.29, 1.82) is 0 Å². The second-order valence-corrected chi connectivity index (χ2v) is 7.83. The molecule has 1 aromatic heterocycles. The zero-order valence-electron chi connectivity index (χ0n) is 16.0. The van der Waals surface area contributed by atoms with E-state index in [1.165, 1.54) is 18.3 Å². The fourth-order valence-electron chi connectivity index (χ4n) is 2.49. The first-order valence-electron chi connectivity index (χ1n) is 8.88. The molecule has 3 rings (SSSR count). The topological polar surface area (TPSA) is 98.0 Å². The number of nitrogens with one attached hydrogen (secondary N) is 1. The van der Waals surface area contributed by atoms with Gasteiger partial charge in [0, 0.05) is 5.56 Å². The Kier molecular flexibility index (Phi) is 6.13. The van der Waals surface area contributed by atoms with Crippen molar-refractivity contribution in [1.82, 2.24) is 4.83 Å². The Hall–Kier alpha value is -3.39. The van der Waals surface area contributed by atoms with Crippen LogP contribution in [-0.2, 0) is 14.8 Å². The number of ether oxygens (including phenoxy) is 1. The summed E-state index contributed by atoms with van der Waals surface area (Å²) in [5.41, 5.74) is 2.18. The van der Waals surface area contributed by atoms with Gasteiger partial charge in [-0.05, 0) is 50.2 Å². The molecule has 0 spiro atoms. The normalized spacial score (nSPS) is 11.5. The number of benzene rings is 2. The fourth-order valence-corrected chi connectivity index (χ4v) is 3.28. The molecule has 1 N–H and O–H groups in total. The number of carbonyl (C=O) groups excluding carboxylic acids is 1. The number of hydrogen-bond donors (Lipinski definition) is 1. The predicted octanol–water partition coefficient (Wildman–Crippen LogP) is 3.74. The van der Waals surface area contributed by atoms with Gasteiger partial charge >= 0.3 is 5.97 Å². The number of rotatable bonds is 7. The molecule has 0 saturated carbocycles. The fraction of sp³-hybridized carbons (Fsp3) is 0.143. The molecule has 0 amide bonds. The van der Waals surface area contributed by atoms with Crippen molar-refractivity contribution < 1.29 is 22.4 Å². The number of carbonyl (C=O) groups is 1. The maximum atomic E-state index is 12.2. The zero-order valence-corrected chi connectivity index (χ0v) is 16.8. The van der Waals surface area contributed by atoms with Crippen molar-refractivity contribution in [2.75, 3.05) is 6.61 Å². The van der Waals surface area contributed by atoms with E-state index in [0.717, 1.165) is 11.1 Å². The number of hydrogen-bond acceptors (Lipinski definition) is 6. The predicted molar refractivity (Wildman–Crippen MR) is 109 cm³/mol. The largest absolute Gasteiger partial charge is 0.462 e. The first-order chi connectivity index (χ1) is 13.9. The van der Waals surface area contributed by atoms with Crippen LogP contribution in [-0.4, -0.2) is 27.2 Å². The standard InChI is InChI=1S/C21H20N2O5S/c1-3-27-21(24)17-8-6-16(7-9-17)20-13-10-18(28-20)14-22-23-29(25,26)19-11-4-15(2)5-12-19/h4-14,23H,3H2,1-2H3/b22-14-. The molecule has 0 fully saturated rings. The Labute approximate surface area is 169 Å². The van der Waals surface area contributed by atoms with Crippen LogP contribution in [0.4, 0.5) is 0 Å². The van der Waals surface area contributed by atoms with Gasteiger partial charge in [0.15, 0.2) is 0 Å². The van der Waals surface area contributed by atoms with Crippen LogP contribution < -0.4 is 4.83 Å². The minimum atomic E-state index is -3.74. The van der Waals surface area contributed by atoms with Crippen LogP contribution in [0.1, 0.15) is 28.6 Å². The van der Waals surface area contributed by atoms with Crippen molar-refractivity contribution >= 4 is 22.2 Å². The minimum Gasteiger partial charge on any atom is -0.462 e. The summed E-state index contributed by atoms with van der Waals surface area (Å²) in [6.07, 6.45) is 1.28. The van der Waals surface area contributed by atoms with E-state index >= 15 is 0 Å². The van der Waals surface area contributed by atoms with Crippen molar-refractivity contribution in [3.8, 4) is 11.3 Å². The van der Waals surface area contributed by atoms with E-state index in [-0.39, 0.29) is 10.9 Å². The van der Waals surface area contributed by atoms with Crippen LogP contribution >= 0.6 is 0 Å². The van der Waals surface area contributed by atoms with E-state index in [4.69, 9.17) is 9.15 Å². The molecule has 0 saturated heterocycles. The molecule has 0 aliphatic carbocycles. The molecule has 150 valence electrons. The lowest BCUT2D eigenvalue weighted by molar-refractivity contribution is 0.0526. The van der Waals surface area contributed by atoms with Gasteiger partial charge in [0.1, 0.15) is 11.5 Å². The van der Waals surface area contributed by atoms with Gasteiger partial charge in [-0.2, -0.15) is 18.4 Å². The third kappa shape index (κ3) is 5.11. The van der Waals surface area contributed by atoms with Crippen LogP contribution in [0.2, 0.25) is 0 Å². The molecule has 0 radical (unpaired) electrons. The maximum absolute atomic E-state index is 12.2. The SMILES string of the molecule is CCOC(=O)c1ccc(-c2ccc(/C=N\NS(=O)(=O)c3ccc(C)cc3)o2)cc1. The third-order valence-corrected chi connectivity index (χ3v) is 5.24. The van der Waals surface area contributed by atoms with Crippen LogP contribution in [0.5, 0.6) is 0 Å². The Bertz CT molecular complexity index is 1110. The van der Waals surface area contributed by atoms with Crippen LogP contribution in [0, 0.1) is 6.92 Å². The first-order valence-corrected chi connectivity index (χ1v) is 10.4. The lowest BCUT2D eigenvalue weighted by atomic mass is 10.1. The van der Waals surface area contributed by atoms with Gasteiger partial charge in [0.2, 0.25) is 0 Å². The number of nitrogens with zero attached hydrogens (tertiary/aromatic N) is 1. The van der Waals surface area contributed by atoms with E-state index in [9.17, 15) is 13.2 Å². The van der Waals surface area contributed by atoms with Crippen molar-refractivity contribution in [3.63, 3.8) is 0 Å². The molecule has 1 heterocycles. The summed E-state index contributed by atoms with van der Waals surface area (Å²) in [4.78, 5) is 14.0. The molecule has 0 aliphatic heterocycles. The second kappa shape index (κ2) is 8.74. The molecular weight excluding hydrogens is 392 g/mol. The Morgan fingerprint density at radius 2 is 1.76 bits per heavy atom. The van der Waals surface area contributed by atoms with E-state index in [2.05, 4.69) is 9.93 Å². The lowest BCUT2D eigenvalue weighted by Gasteiger charge is -2.03. The van der Waals surface area contributed by atoms with Gasteiger partial charge in [-0.25, -0.2) is 4.79 Å². The summed E-state index contributed by atoms with van der Waals surface area (Å²) in [6, 6.07) is 16.6. The van der Waals surface area contributed by atoms with Gasteiger partial charge in [-0.1, -0.05) is 29.8 Å². The highest BCUT2D eigenvalue weighted by atomic mass is 32.2. The van der Waals surface area contributed by atoms with Gasteiger partial charge in [-0.15, -0.1) is 0 Å². The Morgan fingerprint density at radius 3 is 2.41 bits per heavy atom. The summed E-state index contributed by atoms with van der Waals surface area (Å²) in [7, 11) is -3.74. The van der Waals surface area contributed by atoms with Gasteiger partial charge < -0.3 is 9.15 Å². The van der Waals surface area contributed by atoms with Gasteiger partial charge in [0.05, 0.1) is 23.3 Å². The molecule has 8 heteroatoms. The number of sulfonamides is 1. The van der Waals surface area contributed by atoms with E-state index < -0.39 is 10.0 Å². The maximum Gasteiger partial charge on any atom is 0.338 e. The Morgan fingerprint density at radius 1 is 1.07 bits per heavy atom. The lowest BCUT2D eigenvalue weighted by Crippen LogP contribution is -2.18. The Balaban J connectivity index is 1.67. The highest BCUT2D eigenvalue weighted by Crippen LogP contribution is 2.22. The number of aryl methyl sites for hydroxylation is 1. The molecule has 3 aromatic rings. The molecule has 0 unspecified atom stereocenters. The number of furan rings is 1. The average molecular weight is 412 g/mol. The summed E-state index contributed by atoms with van der Waals surface area (Å²) < 4.78 is 35.0. The quantitative estimate of drug-likeness (QED) is 0.362. The van der Waals surface area contributed by atoms with Gasteiger partial charge in [-0.3, -0.25) is 0 Å². The second-order valence-electron chi connectivity index (χ2n) is 6.17. The first kappa shape index (κ1) is 20.3. The molecule has 0 bridgehead atoms. The molecular formula is C21H20N2O5S. The van der Waals surface area contributed by atoms with E-state index in [1.807, 2.05) is 6.92 Å². The third-order valence-electron chi connectivity index (χ3n) is 4.00. The van der Waals surface area contributed by atoms with Crippen molar-refractivity contribution in [2.45, 2.75) is 18.7 Å². The summed E-state index contributed by atoms with van der Waals surface area (Å²) in [5, 5.41) is 3.76. The van der Waals surface area contributed by atoms with Crippen molar-refractivity contribution in [3.05, 3.63) is 77.6 Å². The van der Waals surface area contributed by atoms with E-state index in [0.29, 0.717) is 23.7 Å². The molecule has 0 atom stereocenters. The highest BCUT2D eigenvalue weighted by molar-refractivity contribution is 7.89. The van der Waals surface area contributed by atoms with Crippen LogP contribution in [0.15, 0.2) is 75.1 Å². The molecule has 2 aromatic carbocycles.